The Labute approximate surface area is 189 Å². The molecule has 2 aromatic heterocycles. The van der Waals surface area contributed by atoms with Gasteiger partial charge in [-0.05, 0) is 18.2 Å². The number of benzene rings is 1. The van der Waals surface area contributed by atoms with E-state index in [1.54, 1.807) is 36.3 Å². The summed E-state index contributed by atoms with van der Waals surface area (Å²) in [6.07, 6.45) is 1.63. The minimum Gasteiger partial charge on any atom is -0.495 e. The first-order valence-electron chi connectivity index (χ1n) is 9.97. The van der Waals surface area contributed by atoms with Crippen LogP contribution in [0.25, 0.3) is 11.2 Å². The lowest BCUT2D eigenvalue weighted by atomic mass is 10.2. The van der Waals surface area contributed by atoms with E-state index in [0.29, 0.717) is 65.4 Å². The van der Waals surface area contributed by atoms with Gasteiger partial charge in [0.25, 0.3) is 5.56 Å². The van der Waals surface area contributed by atoms with Gasteiger partial charge in [-0.15, -0.1) is 0 Å². The molecule has 0 radical (unpaired) electrons. The molecule has 0 bridgehead atoms. The Morgan fingerprint density at radius 1 is 1.12 bits per heavy atom. The van der Waals surface area contributed by atoms with Crippen LogP contribution in [0, 0.1) is 0 Å². The third kappa shape index (κ3) is 4.01. The number of ether oxygens (including phenoxy) is 2. The van der Waals surface area contributed by atoms with Gasteiger partial charge in [0.15, 0.2) is 11.5 Å². The van der Waals surface area contributed by atoms with Crippen LogP contribution in [-0.2, 0) is 7.05 Å². The first-order valence-corrected chi connectivity index (χ1v) is 10.3. The normalized spacial score (nSPS) is 13.9. The zero-order valence-corrected chi connectivity index (χ0v) is 18.7. The van der Waals surface area contributed by atoms with Crippen LogP contribution in [0.15, 0.2) is 35.3 Å². The van der Waals surface area contributed by atoms with Crippen LogP contribution < -0.4 is 25.2 Å². The van der Waals surface area contributed by atoms with Crippen molar-refractivity contribution in [3.05, 3.63) is 45.8 Å². The molecule has 4 rings (SSSR count). The number of hydrogen-bond acceptors (Lipinski definition) is 7. The Morgan fingerprint density at radius 3 is 2.53 bits per heavy atom. The summed E-state index contributed by atoms with van der Waals surface area (Å²) in [5.74, 6) is 1.25. The third-order valence-corrected chi connectivity index (χ3v) is 5.68. The number of hydrogen-bond donors (Lipinski definition) is 1. The van der Waals surface area contributed by atoms with Crippen LogP contribution in [0.5, 0.6) is 11.5 Å². The predicted molar refractivity (Wildman–Crippen MR) is 122 cm³/mol. The first kappa shape index (κ1) is 21.7. The fourth-order valence-corrected chi connectivity index (χ4v) is 3.86. The minimum absolute atomic E-state index is 0.216. The minimum atomic E-state index is -0.284. The highest BCUT2D eigenvalue weighted by atomic mass is 35.5. The summed E-state index contributed by atoms with van der Waals surface area (Å²) in [6.45, 7) is 1.80. The Bertz CT molecular complexity index is 1220. The van der Waals surface area contributed by atoms with Crippen LogP contribution in [-0.4, -0.2) is 65.9 Å². The van der Waals surface area contributed by atoms with Crippen molar-refractivity contribution >= 4 is 40.3 Å². The summed E-state index contributed by atoms with van der Waals surface area (Å²) in [4.78, 5) is 37.9. The molecule has 10 nitrogen and oxygen atoms in total. The number of halogens is 1. The molecule has 1 aliphatic heterocycles. The smallest absolute Gasteiger partial charge is 0.322 e. The lowest BCUT2D eigenvalue weighted by Gasteiger charge is -2.35. The van der Waals surface area contributed by atoms with E-state index in [0.717, 1.165) is 0 Å². The van der Waals surface area contributed by atoms with E-state index in [-0.39, 0.29) is 11.6 Å². The summed E-state index contributed by atoms with van der Waals surface area (Å²) in [5, 5.41) is 3.20. The molecule has 3 heterocycles. The number of nitrogens with zero attached hydrogens (tertiary/aromatic N) is 5. The highest BCUT2D eigenvalue weighted by Gasteiger charge is 2.25. The maximum atomic E-state index is 12.8. The van der Waals surface area contributed by atoms with Gasteiger partial charge < -0.3 is 24.6 Å². The van der Waals surface area contributed by atoms with Crippen molar-refractivity contribution in [2.75, 3.05) is 50.6 Å². The number of anilines is 2. The molecule has 168 valence electrons. The van der Waals surface area contributed by atoms with Crippen molar-refractivity contribution in [1.29, 1.82) is 0 Å². The molecular formula is C21H23ClN6O4. The number of pyridine rings is 1. The molecule has 0 spiro atoms. The summed E-state index contributed by atoms with van der Waals surface area (Å²) < 4.78 is 12.0. The Morgan fingerprint density at radius 2 is 1.84 bits per heavy atom. The Hall–Kier alpha value is -3.53. The maximum absolute atomic E-state index is 12.8. The quantitative estimate of drug-likeness (QED) is 0.640. The molecule has 32 heavy (non-hydrogen) atoms. The highest BCUT2D eigenvalue weighted by Crippen LogP contribution is 2.36. The monoisotopic (exact) mass is 458 g/mol. The number of piperazine rings is 1. The number of amides is 2. The van der Waals surface area contributed by atoms with Gasteiger partial charge in [0, 0.05) is 45.5 Å². The number of aryl methyl sites for hydroxylation is 1. The fraction of sp³-hybridized carbons (Fsp3) is 0.333. The van der Waals surface area contributed by atoms with Gasteiger partial charge in [0.05, 0.1) is 24.9 Å². The van der Waals surface area contributed by atoms with Crippen molar-refractivity contribution < 1.29 is 14.3 Å². The number of fused-ring (bicyclic) bond motifs is 1. The summed E-state index contributed by atoms with van der Waals surface area (Å²) in [6, 6.07) is 6.52. The number of carbonyl (C=O) groups is 1. The summed E-state index contributed by atoms with van der Waals surface area (Å²) in [7, 11) is 4.69. The average Bonchev–Trinajstić information content (AvgIpc) is 2.81. The van der Waals surface area contributed by atoms with Gasteiger partial charge >= 0.3 is 6.03 Å². The molecule has 2 amide bonds. The van der Waals surface area contributed by atoms with Crippen molar-refractivity contribution in [1.82, 2.24) is 19.4 Å². The molecule has 1 aromatic carbocycles. The Kier molecular flexibility index (Phi) is 6.04. The van der Waals surface area contributed by atoms with Gasteiger partial charge in [-0.2, -0.15) is 0 Å². The van der Waals surface area contributed by atoms with E-state index in [9.17, 15) is 9.59 Å². The topological polar surface area (TPSA) is 102 Å². The zero-order chi connectivity index (χ0) is 22.8. The maximum Gasteiger partial charge on any atom is 0.322 e. The lowest BCUT2D eigenvalue weighted by Crippen LogP contribution is -2.51. The molecule has 0 aliphatic carbocycles. The van der Waals surface area contributed by atoms with Crippen LogP contribution in [0.4, 0.5) is 16.3 Å². The van der Waals surface area contributed by atoms with Gasteiger partial charge in [-0.25, -0.2) is 14.8 Å². The molecule has 1 fully saturated rings. The molecule has 3 aromatic rings. The van der Waals surface area contributed by atoms with Gasteiger partial charge in [-0.1, -0.05) is 11.6 Å². The van der Waals surface area contributed by atoms with Crippen molar-refractivity contribution in [2.45, 2.75) is 0 Å². The molecule has 11 heteroatoms. The zero-order valence-electron chi connectivity index (χ0n) is 18.0. The van der Waals surface area contributed by atoms with E-state index >= 15 is 0 Å². The molecule has 1 aliphatic rings. The van der Waals surface area contributed by atoms with Gasteiger partial charge in [0.2, 0.25) is 0 Å². The van der Waals surface area contributed by atoms with E-state index < -0.39 is 0 Å². The molecular weight excluding hydrogens is 436 g/mol. The average molecular weight is 459 g/mol. The predicted octanol–water partition coefficient (Wildman–Crippen LogP) is 2.35. The molecule has 1 N–H and O–H groups in total. The lowest BCUT2D eigenvalue weighted by molar-refractivity contribution is 0.208. The fourth-order valence-electron chi connectivity index (χ4n) is 3.62. The largest absolute Gasteiger partial charge is 0.495 e. The number of methoxy groups -OCH3 is 2. The number of urea groups is 1. The van der Waals surface area contributed by atoms with Crippen molar-refractivity contribution in [3.63, 3.8) is 0 Å². The molecule has 0 atom stereocenters. The van der Waals surface area contributed by atoms with Crippen LogP contribution >= 0.6 is 11.6 Å². The van der Waals surface area contributed by atoms with Crippen molar-refractivity contribution in [3.8, 4) is 11.5 Å². The van der Waals surface area contributed by atoms with E-state index in [4.69, 9.17) is 21.1 Å². The van der Waals surface area contributed by atoms with Crippen LogP contribution in [0.3, 0.4) is 0 Å². The molecule has 0 saturated carbocycles. The summed E-state index contributed by atoms with van der Waals surface area (Å²) in [5.41, 5.74) is 1.41. The number of nitrogens with one attached hydrogen (secondary N) is 1. The van der Waals surface area contributed by atoms with Crippen molar-refractivity contribution in [2.24, 2.45) is 7.05 Å². The van der Waals surface area contributed by atoms with Crippen LogP contribution in [0.1, 0.15) is 0 Å². The van der Waals surface area contributed by atoms with Gasteiger partial charge in [0.1, 0.15) is 17.0 Å². The van der Waals surface area contributed by atoms with Crippen LogP contribution in [0.2, 0.25) is 5.02 Å². The van der Waals surface area contributed by atoms with Gasteiger partial charge in [-0.3, -0.25) is 9.36 Å². The number of aromatic nitrogens is 3. The highest BCUT2D eigenvalue weighted by molar-refractivity contribution is 6.32. The third-order valence-electron chi connectivity index (χ3n) is 5.39. The second kappa shape index (κ2) is 8.91. The van der Waals surface area contributed by atoms with E-state index in [2.05, 4.69) is 15.3 Å². The second-order valence-electron chi connectivity index (χ2n) is 7.24. The number of carbonyl (C=O) groups excluding carboxylic acids is 1. The SMILES string of the molecule is COc1cc(OC)c(NC(=O)N2CCN(c3nc4cccnc4n(C)c3=O)CC2)cc1Cl. The first-order chi connectivity index (χ1) is 15.4. The standard InChI is InChI=1S/C21H23ClN6O4/c1-26-18-14(5-4-6-23-18)24-19(20(26)29)27-7-9-28(10-8-27)21(30)25-15-11-13(22)16(31-2)12-17(15)32-3/h4-6,11-12H,7-10H2,1-3H3,(H,25,30). The van der Waals surface area contributed by atoms with E-state index in [1.165, 1.54) is 18.8 Å². The van der Waals surface area contributed by atoms with E-state index in [1.807, 2.05) is 11.0 Å². The summed E-state index contributed by atoms with van der Waals surface area (Å²) >= 11 is 6.19. The second-order valence-corrected chi connectivity index (χ2v) is 7.64. The Balaban J connectivity index is 1.47. The number of rotatable bonds is 4. The molecule has 1 saturated heterocycles. The molecule has 0 unspecified atom stereocenters.